The zero-order valence-electron chi connectivity index (χ0n) is 14.7. The van der Waals surface area contributed by atoms with Crippen LogP contribution in [-0.4, -0.2) is 25.5 Å². The summed E-state index contributed by atoms with van der Waals surface area (Å²) in [6, 6.07) is 0. The topological polar surface area (TPSA) is 3.24 Å². The molecule has 0 aliphatic heterocycles. The van der Waals surface area contributed by atoms with Crippen LogP contribution in [0.3, 0.4) is 0 Å². The van der Waals surface area contributed by atoms with Crippen LogP contribution in [0.5, 0.6) is 0 Å². The second-order valence-electron chi connectivity index (χ2n) is 6.01. The second kappa shape index (κ2) is 17.2. The Bertz CT molecular complexity index is 274. The molecule has 0 radical (unpaired) electrons. The molecular formula is C20H37N. The summed E-state index contributed by atoms with van der Waals surface area (Å²) in [7, 11) is 4.31. The summed E-state index contributed by atoms with van der Waals surface area (Å²) in [6.45, 7) is 3.41. The molecule has 0 aromatic rings. The Morgan fingerprint density at radius 3 is 1.76 bits per heavy atom. The van der Waals surface area contributed by atoms with Crippen LogP contribution >= 0.6 is 0 Å². The van der Waals surface area contributed by atoms with E-state index < -0.39 is 0 Å². The van der Waals surface area contributed by atoms with Crippen molar-refractivity contribution in [3.8, 4) is 0 Å². The molecule has 0 fully saturated rings. The van der Waals surface area contributed by atoms with Gasteiger partial charge in [0.15, 0.2) is 0 Å². The van der Waals surface area contributed by atoms with Crippen LogP contribution in [0.1, 0.15) is 71.1 Å². The van der Waals surface area contributed by atoms with Crippen LogP contribution in [0.4, 0.5) is 0 Å². The average molecular weight is 292 g/mol. The van der Waals surface area contributed by atoms with Gasteiger partial charge in [0.25, 0.3) is 0 Å². The Labute approximate surface area is 133 Å². The van der Waals surface area contributed by atoms with Crippen LogP contribution in [0.2, 0.25) is 0 Å². The lowest BCUT2D eigenvalue weighted by molar-refractivity contribution is 0.389. The van der Waals surface area contributed by atoms with Gasteiger partial charge in [-0.3, -0.25) is 0 Å². The monoisotopic (exact) mass is 291 g/mol. The Morgan fingerprint density at radius 2 is 1.14 bits per heavy atom. The molecule has 0 bridgehead atoms. The van der Waals surface area contributed by atoms with Crippen molar-refractivity contribution in [1.29, 1.82) is 0 Å². The van der Waals surface area contributed by atoms with Crippen molar-refractivity contribution in [2.24, 2.45) is 0 Å². The van der Waals surface area contributed by atoms with Gasteiger partial charge in [0.1, 0.15) is 0 Å². The van der Waals surface area contributed by atoms with E-state index >= 15 is 0 Å². The molecule has 0 N–H and O–H groups in total. The maximum atomic E-state index is 2.35. The molecule has 21 heavy (non-hydrogen) atoms. The molecule has 0 aliphatic rings. The third kappa shape index (κ3) is 19.2. The highest BCUT2D eigenvalue weighted by Gasteiger charge is 1.92. The van der Waals surface area contributed by atoms with Crippen molar-refractivity contribution in [3.63, 3.8) is 0 Å². The summed E-state index contributed by atoms with van der Waals surface area (Å²) >= 11 is 0. The van der Waals surface area contributed by atoms with Crippen molar-refractivity contribution in [1.82, 2.24) is 4.90 Å². The van der Waals surface area contributed by atoms with Gasteiger partial charge in [-0.25, -0.2) is 0 Å². The molecule has 0 saturated heterocycles. The molecule has 0 rings (SSSR count). The first kappa shape index (κ1) is 20.2. The summed E-state index contributed by atoms with van der Waals surface area (Å²) in [5, 5.41) is 0. The highest BCUT2D eigenvalue weighted by Crippen LogP contribution is 2.08. The standard InChI is InChI=1S/C20H37N/c1-4-5-6-7-8-9-10-11-12-13-14-15-16-17-18-19-20-21(2)3/h5-6,8-9,11-12H,4,7,10,13-20H2,1-3H3. The normalized spacial score (nSPS) is 12.6. The van der Waals surface area contributed by atoms with E-state index in [1.165, 1.54) is 51.5 Å². The molecule has 0 heterocycles. The molecule has 0 unspecified atom stereocenters. The van der Waals surface area contributed by atoms with Crippen LogP contribution < -0.4 is 0 Å². The largest absolute Gasteiger partial charge is 0.309 e. The molecule has 122 valence electrons. The minimum atomic E-state index is 1.08. The van der Waals surface area contributed by atoms with Crippen molar-refractivity contribution in [2.75, 3.05) is 20.6 Å². The minimum absolute atomic E-state index is 1.08. The fourth-order valence-electron chi connectivity index (χ4n) is 2.22. The zero-order valence-corrected chi connectivity index (χ0v) is 14.7. The maximum absolute atomic E-state index is 2.35. The number of allylic oxidation sites excluding steroid dienone is 6. The van der Waals surface area contributed by atoms with Gasteiger partial charge in [-0.15, -0.1) is 0 Å². The van der Waals surface area contributed by atoms with E-state index in [0.29, 0.717) is 0 Å². The third-order valence-electron chi connectivity index (χ3n) is 3.51. The molecule has 0 aromatic carbocycles. The second-order valence-corrected chi connectivity index (χ2v) is 6.01. The molecule has 0 saturated carbocycles. The molecule has 0 spiro atoms. The number of hydrogen-bond donors (Lipinski definition) is 0. The predicted molar refractivity (Wildman–Crippen MR) is 97.8 cm³/mol. The Kier molecular flexibility index (Phi) is 16.6. The van der Waals surface area contributed by atoms with Gasteiger partial charge < -0.3 is 4.90 Å². The average Bonchev–Trinajstić information content (AvgIpc) is 2.46. The Morgan fingerprint density at radius 1 is 0.619 bits per heavy atom. The number of nitrogens with zero attached hydrogens (tertiary/aromatic N) is 1. The molecular weight excluding hydrogens is 254 g/mol. The SMILES string of the molecule is CCC=CCC=CCC=CCCCCCCCCN(C)C. The fraction of sp³-hybridized carbons (Fsp3) is 0.700. The first-order valence-corrected chi connectivity index (χ1v) is 8.87. The maximum Gasteiger partial charge on any atom is -0.00248 e. The Hall–Kier alpha value is -0.820. The van der Waals surface area contributed by atoms with E-state index in [1.807, 2.05) is 0 Å². The lowest BCUT2D eigenvalue weighted by Gasteiger charge is -2.08. The summed E-state index contributed by atoms with van der Waals surface area (Å²) in [5.41, 5.74) is 0. The van der Waals surface area contributed by atoms with Gasteiger partial charge in [-0.05, 0) is 59.2 Å². The van der Waals surface area contributed by atoms with Gasteiger partial charge >= 0.3 is 0 Å². The van der Waals surface area contributed by atoms with Crippen LogP contribution in [0.25, 0.3) is 0 Å². The highest BCUT2D eigenvalue weighted by atomic mass is 15.0. The van der Waals surface area contributed by atoms with E-state index in [1.54, 1.807) is 0 Å². The smallest absolute Gasteiger partial charge is 0.00248 e. The lowest BCUT2D eigenvalue weighted by atomic mass is 10.1. The van der Waals surface area contributed by atoms with Crippen molar-refractivity contribution in [3.05, 3.63) is 36.5 Å². The predicted octanol–water partition coefficient (Wildman–Crippen LogP) is 6.14. The minimum Gasteiger partial charge on any atom is -0.309 e. The highest BCUT2D eigenvalue weighted by molar-refractivity contribution is 4.96. The molecule has 1 heteroatoms. The summed E-state index contributed by atoms with van der Waals surface area (Å²) in [4.78, 5) is 2.28. The van der Waals surface area contributed by atoms with Gasteiger partial charge in [-0.1, -0.05) is 69.1 Å². The number of hydrogen-bond acceptors (Lipinski definition) is 1. The molecule has 0 amide bonds. The van der Waals surface area contributed by atoms with Crippen LogP contribution in [0, 0.1) is 0 Å². The number of unbranched alkanes of at least 4 members (excludes halogenated alkanes) is 6. The summed E-state index contributed by atoms with van der Waals surface area (Å²) in [5.74, 6) is 0. The van der Waals surface area contributed by atoms with E-state index in [9.17, 15) is 0 Å². The van der Waals surface area contributed by atoms with Crippen LogP contribution in [0.15, 0.2) is 36.5 Å². The number of rotatable bonds is 14. The molecule has 1 nitrogen and oxygen atoms in total. The van der Waals surface area contributed by atoms with Crippen molar-refractivity contribution < 1.29 is 0 Å². The van der Waals surface area contributed by atoms with E-state index in [0.717, 1.165) is 19.3 Å². The van der Waals surface area contributed by atoms with Gasteiger partial charge in [0.05, 0.1) is 0 Å². The zero-order chi connectivity index (χ0) is 15.6. The third-order valence-corrected chi connectivity index (χ3v) is 3.51. The molecule has 0 aromatic heterocycles. The summed E-state index contributed by atoms with van der Waals surface area (Å²) in [6.07, 6.45) is 26.5. The quantitative estimate of drug-likeness (QED) is 0.274. The fourth-order valence-corrected chi connectivity index (χ4v) is 2.22. The first-order valence-electron chi connectivity index (χ1n) is 8.87. The van der Waals surface area contributed by atoms with E-state index in [-0.39, 0.29) is 0 Å². The molecule has 0 atom stereocenters. The van der Waals surface area contributed by atoms with Gasteiger partial charge in [-0.2, -0.15) is 0 Å². The first-order chi connectivity index (χ1) is 10.3. The van der Waals surface area contributed by atoms with Crippen molar-refractivity contribution in [2.45, 2.75) is 71.1 Å². The van der Waals surface area contributed by atoms with Gasteiger partial charge in [0, 0.05) is 0 Å². The van der Waals surface area contributed by atoms with E-state index in [2.05, 4.69) is 62.4 Å². The Balaban J connectivity index is 3.20. The summed E-state index contributed by atoms with van der Waals surface area (Å²) < 4.78 is 0. The van der Waals surface area contributed by atoms with Crippen LogP contribution in [-0.2, 0) is 0 Å². The molecule has 0 aliphatic carbocycles. The van der Waals surface area contributed by atoms with Gasteiger partial charge in [0.2, 0.25) is 0 Å². The van der Waals surface area contributed by atoms with E-state index in [4.69, 9.17) is 0 Å². The van der Waals surface area contributed by atoms with Crippen molar-refractivity contribution >= 4 is 0 Å². The lowest BCUT2D eigenvalue weighted by Crippen LogP contribution is -2.12.